The second-order valence-corrected chi connectivity index (χ2v) is 5.92. The molecule has 0 amide bonds. The van der Waals surface area contributed by atoms with Crippen molar-refractivity contribution in [3.05, 3.63) is 39.4 Å². The van der Waals surface area contributed by atoms with Gasteiger partial charge in [0.25, 0.3) is 0 Å². The molecule has 1 aromatic carbocycles. The van der Waals surface area contributed by atoms with Crippen LogP contribution < -0.4 is 0 Å². The van der Waals surface area contributed by atoms with Crippen molar-refractivity contribution in [3.63, 3.8) is 0 Å². The van der Waals surface area contributed by atoms with E-state index in [4.69, 9.17) is 11.6 Å². The Balaban J connectivity index is 1.97. The van der Waals surface area contributed by atoms with Crippen molar-refractivity contribution in [1.82, 2.24) is 0 Å². The number of aryl methyl sites for hydroxylation is 1. The van der Waals surface area contributed by atoms with E-state index in [2.05, 4.69) is 12.1 Å². The van der Waals surface area contributed by atoms with Crippen molar-refractivity contribution in [2.24, 2.45) is 0 Å². The van der Waals surface area contributed by atoms with Crippen LogP contribution in [0, 0.1) is 0 Å². The van der Waals surface area contributed by atoms with Crippen LogP contribution in [0.15, 0.2) is 17.7 Å². The molecule has 1 saturated carbocycles. The summed E-state index contributed by atoms with van der Waals surface area (Å²) in [4.78, 5) is 11.2. The van der Waals surface area contributed by atoms with E-state index in [-0.39, 0.29) is 5.92 Å². The highest BCUT2D eigenvalue weighted by atomic mass is 35.5. The summed E-state index contributed by atoms with van der Waals surface area (Å²) < 4.78 is 0. The summed E-state index contributed by atoms with van der Waals surface area (Å²) in [7, 11) is 0. The van der Waals surface area contributed by atoms with Crippen LogP contribution in [0.3, 0.4) is 0 Å². The molecule has 0 radical (unpaired) electrons. The lowest BCUT2D eigenvalue weighted by molar-refractivity contribution is -0.138. The maximum absolute atomic E-state index is 11.2. The summed E-state index contributed by atoms with van der Waals surface area (Å²) in [5.41, 5.74) is 4.59. The molecule has 0 aromatic heterocycles. The van der Waals surface area contributed by atoms with E-state index < -0.39 is 5.97 Å². The van der Waals surface area contributed by atoms with Gasteiger partial charge in [0.05, 0.1) is 5.92 Å². The van der Waals surface area contributed by atoms with Crippen LogP contribution >= 0.6 is 11.6 Å². The summed E-state index contributed by atoms with van der Waals surface area (Å²) in [5.74, 6) is -1.11. The molecule has 1 N–H and O–H groups in total. The number of halogens is 1. The minimum Gasteiger partial charge on any atom is -0.481 e. The number of hydrogen-bond acceptors (Lipinski definition) is 1. The Hall–Kier alpha value is -1.28. The van der Waals surface area contributed by atoms with E-state index in [0.29, 0.717) is 11.4 Å². The molecular formula is C16H17ClO2. The first-order valence-corrected chi connectivity index (χ1v) is 7.27. The molecular weight excluding hydrogens is 260 g/mol. The van der Waals surface area contributed by atoms with Crippen LogP contribution in [0.2, 0.25) is 5.02 Å². The molecule has 1 fully saturated rings. The molecule has 2 aliphatic rings. The topological polar surface area (TPSA) is 37.3 Å². The highest BCUT2D eigenvalue weighted by Crippen LogP contribution is 2.38. The fourth-order valence-electron chi connectivity index (χ4n) is 3.21. The summed E-state index contributed by atoms with van der Waals surface area (Å²) in [6.07, 6.45) is 8.63. The Kier molecular flexibility index (Phi) is 3.36. The van der Waals surface area contributed by atoms with E-state index >= 15 is 0 Å². The third-order valence-electron chi connectivity index (χ3n) is 4.24. The Morgan fingerprint density at radius 1 is 1.26 bits per heavy atom. The molecule has 3 rings (SSSR count). The van der Waals surface area contributed by atoms with E-state index in [0.717, 1.165) is 23.1 Å². The minimum absolute atomic E-state index is 0.374. The Labute approximate surface area is 118 Å². The monoisotopic (exact) mass is 276 g/mol. The number of rotatable bonds is 2. The SMILES string of the molecule is O=C(O)[C@H]1CCc2cc(C=C3CCCC3)c(Cl)cc21. The number of allylic oxidation sites excluding steroid dienone is 1. The van der Waals surface area contributed by atoms with Crippen LogP contribution in [-0.2, 0) is 11.2 Å². The molecule has 3 heteroatoms. The summed E-state index contributed by atoms with van der Waals surface area (Å²) in [6, 6.07) is 3.95. The van der Waals surface area contributed by atoms with Crippen molar-refractivity contribution >= 4 is 23.6 Å². The third-order valence-corrected chi connectivity index (χ3v) is 4.57. The van der Waals surface area contributed by atoms with Crippen molar-refractivity contribution in [1.29, 1.82) is 0 Å². The fraction of sp³-hybridized carbons (Fsp3) is 0.438. The Bertz CT molecular complexity index is 552. The fourth-order valence-corrected chi connectivity index (χ4v) is 3.44. The number of hydrogen-bond donors (Lipinski definition) is 1. The molecule has 0 bridgehead atoms. The zero-order valence-electron chi connectivity index (χ0n) is 10.8. The van der Waals surface area contributed by atoms with Crippen LogP contribution in [0.1, 0.15) is 54.7 Å². The van der Waals surface area contributed by atoms with Crippen molar-refractivity contribution in [2.45, 2.75) is 44.4 Å². The lowest BCUT2D eigenvalue weighted by atomic mass is 9.99. The number of carboxylic acid groups (broad SMARTS) is 1. The molecule has 2 nitrogen and oxygen atoms in total. The second-order valence-electron chi connectivity index (χ2n) is 5.51. The van der Waals surface area contributed by atoms with E-state index in [1.165, 1.54) is 31.3 Å². The Morgan fingerprint density at radius 3 is 2.68 bits per heavy atom. The van der Waals surface area contributed by atoms with Crippen LogP contribution in [0.4, 0.5) is 0 Å². The maximum Gasteiger partial charge on any atom is 0.310 e. The van der Waals surface area contributed by atoms with Gasteiger partial charge in [-0.2, -0.15) is 0 Å². The molecule has 19 heavy (non-hydrogen) atoms. The first-order valence-electron chi connectivity index (χ1n) is 6.90. The van der Waals surface area contributed by atoms with Gasteiger partial charge >= 0.3 is 5.97 Å². The molecule has 0 aliphatic heterocycles. The molecule has 100 valence electrons. The first-order chi connectivity index (χ1) is 9.15. The van der Waals surface area contributed by atoms with E-state index in [9.17, 15) is 9.90 Å². The predicted molar refractivity (Wildman–Crippen MR) is 76.6 cm³/mol. The van der Waals surface area contributed by atoms with Crippen LogP contribution in [0.5, 0.6) is 0 Å². The van der Waals surface area contributed by atoms with Gasteiger partial charge in [0.15, 0.2) is 0 Å². The third kappa shape index (κ3) is 2.42. The van der Waals surface area contributed by atoms with Crippen molar-refractivity contribution in [3.8, 4) is 0 Å². The number of fused-ring (bicyclic) bond motifs is 1. The quantitative estimate of drug-likeness (QED) is 0.869. The zero-order valence-corrected chi connectivity index (χ0v) is 11.5. The van der Waals surface area contributed by atoms with E-state index in [1.54, 1.807) is 0 Å². The highest BCUT2D eigenvalue weighted by Gasteiger charge is 2.29. The van der Waals surface area contributed by atoms with E-state index in [1.807, 2.05) is 6.07 Å². The molecule has 2 aliphatic carbocycles. The highest BCUT2D eigenvalue weighted by molar-refractivity contribution is 6.32. The van der Waals surface area contributed by atoms with Crippen molar-refractivity contribution in [2.75, 3.05) is 0 Å². The van der Waals surface area contributed by atoms with Gasteiger partial charge < -0.3 is 5.11 Å². The average Bonchev–Trinajstić information content (AvgIpc) is 2.98. The largest absolute Gasteiger partial charge is 0.481 e. The standard InChI is InChI=1S/C16H17ClO2/c17-15-9-14-11(5-6-13(14)16(18)19)8-12(15)7-10-3-1-2-4-10/h7-9,13H,1-6H2,(H,18,19)/t13-/m0/s1. The van der Waals surface area contributed by atoms with Gasteiger partial charge in [0.2, 0.25) is 0 Å². The van der Waals surface area contributed by atoms with Crippen molar-refractivity contribution < 1.29 is 9.90 Å². The number of aliphatic carboxylic acids is 1. The number of benzene rings is 1. The average molecular weight is 277 g/mol. The molecule has 0 spiro atoms. The summed E-state index contributed by atoms with van der Waals surface area (Å²) in [5, 5.41) is 9.88. The predicted octanol–water partition coefficient (Wildman–Crippen LogP) is 4.41. The smallest absolute Gasteiger partial charge is 0.310 e. The summed E-state index contributed by atoms with van der Waals surface area (Å²) in [6.45, 7) is 0. The van der Waals surface area contributed by atoms with Gasteiger partial charge in [-0.15, -0.1) is 0 Å². The van der Waals surface area contributed by atoms with Gasteiger partial charge in [-0.1, -0.05) is 23.3 Å². The first kappa shape index (κ1) is 12.7. The normalized spacial score (nSPS) is 21.5. The summed E-state index contributed by atoms with van der Waals surface area (Å²) >= 11 is 6.32. The van der Waals surface area contributed by atoms with Crippen LogP contribution in [0.25, 0.3) is 6.08 Å². The lowest BCUT2D eigenvalue weighted by Gasteiger charge is -2.09. The van der Waals surface area contributed by atoms with Gasteiger partial charge in [0.1, 0.15) is 0 Å². The number of carboxylic acids is 1. The molecule has 1 atom stereocenters. The van der Waals surface area contributed by atoms with Gasteiger partial charge in [-0.25, -0.2) is 0 Å². The molecule has 0 unspecified atom stereocenters. The second kappa shape index (κ2) is 5.01. The molecule has 0 heterocycles. The Morgan fingerprint density at radius 2 is 2.00 bits per heavy atom. The van der Waals surface area contributed by atoms with Gasteiger partial charge in [0, 0.05) is 5.02 Å². The molecule has 1 aromatic rings. The van der Waals surface area contributed by atoms with Crippen LogP contribution in [-0.4, -0.2) is 11.1 Å². The van der Waals surface area contributed by atoms with Gasteiger partial charge in [-0.05, 0) is 67.3 Å². The number of carbonyl (C=O) groups is 1. The lowest BCUT2D eigenvalue weighted by Crippen LogP contribution is -2.07. The van der Waals surface area contributed by atoms with Gasteiger partial charge in [-0.3, -0.25) is 4.79 Å². The minimum atomic E-state index is -0.739. The molecule has 0 saturated heterocycles. The zero-order chi connectivity index (χ0) is 13.4. The maximum atomic E-state index is 11.2.